The van der Waals surface area contributed by atoms with Crippen molar-refractivity contribution in [2.75, 3.05) is 18.0 Å². The number of halogens is 6. The lowest BCUT2D eigenvalue weighted by Gasteiger charge is -2.40. The predicted octanol–water partition coefficient (Wildman–Crippen LogP) is 11.6. The molecule has 0 bridgehead atoms. The number of hydrogen-bond acceptors (Lipinski definition) is 4. The fourth-order valence-corrected chi connectivity index (χ4v) is 6.95. The largest absolute Gasteiger partial charge is 0.416 e. The van der Waals surface area contributed by atoms with Gasteiger partial charge in [0.05, 0.1) is 17.0 Å². The molecule has 1 aliphatic heterocycles. The van der Waals surface area contributed by atoms with Crippen LogP contribution in [0.3, 0.4) is 0 Å². The van der Waals surface area contributed by atoms with Gasteiger partial charge >= 0.3 is 6.18 Å². The topological polar surface area (TPSA) is 32.3 Å². The molecule has 1 aliphatic rings. The first kappa shape index (κ1) is 42.8. The first-order valence-corrected chi connectivity index (χ1v) is 17.1. The first-order chi connectivity index (χ1) is 23.4. The second kappa shape index (κ2) is 17.9. The molecule has 10 heteroatoms. The van der Waals surface area contributed by atoms with Crippen molar-refractivity contribution in [2.45, 2.75) is 79.7 Å². The molecule has 5 aromatic rings. The molecule has 278 valence electrons. The maximum Gasteiger partial charge on any atom is 0.416 e. The van der Waals surface area contributed by atoms with Gasteiger partial charge in [0.2, 0.25) is 0 Å². The van der Waals surface area contributed by atoms with E-state index in [2.05, 4.69) is 104 Å². The van der Waals surface area contributed by atoms with Crippen molar-refractivity contribution in [3.63, 3.8) is 0 Å². The molecule has 0 spiro atoms. The third-order valence-corrected chi connectivity index (χ3v) is 10.4. The lowest BCUT2D eigenvalue weighted by Crippen LogP contribution is -2.44. The Morgan fingerprint density at radius 2 is 1.08 bits per heavy atom. The lowest BCUT2D eigenvalue weighted by molar-refractivity contribution is -0.137. The van der Waals surface area contributed by atoms with Crippen molar-refractivity contribution < 1.29 is 13.2 Å². The van der Waals surface area contributed by atoms with Gasteiger partial charge in [-0.15, -0.1) is 37.2 Å². The molecular weight excluding hydrogens is 724 g/mol. The third-order valence-electron chi connectivity index (χ3n) is 10.4. The van der Waals surface area contributed by atoms with Crippen LogP contribution in [0.5, 0.6) is 0 Å². The summed E-state index contributed by atoms with van der Waals surface area (Å²) in [7, 11) is 0. The number of nitrogens with zero attached hydrogens (tertiary/aromatic N) is 4. The highest BCUT2D eigenvalue weighted by Crippen LogP contribution is 2.33. The molecule has 2 aromatic heterocycles. The molecule has 3 aromatic carbocycles. The van der Waals surface area contributed by atoms with Crippen LogP contribution in [-0.2, 0) is 19.3 Å². The molecule has 1 fully saturated rings. The summed E-state index contributed by atoms with van der Waals surface area (Å²) in [6.45, 7) is 16.0. The van der Waals surface area contributed by atoms with E-state index in [1.165, 1.54) is 51.1 Å². The third kappa shape index (κ3) is 9.87. The fraction of sp³-hybridized carbons (Fsp3) is 0.333. The van der Waals surface area contributed by atoms with E-state index in [9.17, 15) is 13.2 Å². The molecule has 0 unspecified atom stereocenters. The minimum Gasteiger partial charge on any atom is -0.364 e. The summed E-state index contributed by atoms with van der Waals surface area (Å²) in [4.78, 5) is 14.1. The highest BCUT2D eigenvalue weighted by atomic mass is 35.5. The summed E-state index contributed by atoms with van der Waals surface area (Å²) >= 11 is 0. The van der Waals surface area contributed by atoms with E-state index in [4.69, 9.17) is 0 Å². The van der Waals surface area contributed by atoms with Crippen LogP contribution in [0.4, 0.5) is 18.9 Å². The smallest absolute Gasteiger partial charge is 0.364 e. The minimum atomic E-state index is -4.37. The van der Waals surface area contributed by atoms with E-state index >= 15 is 0 Å². The van der Waals surface area contributed by atoms with Crippen molar-refractivity contribution in [3.05, 3.63) is 135 Å². The zero-order chi connectivity index (χ0) is 34.9. The van der Waals surface area contributed by atoms with Gasteiger partial charge in [-0.3, -0.25) is 14.9 Å². The van der Waals surface area contributed by atoms with E-state index in [0.29, 0.717) is 6.54 Å². The van der Waals surface area contributed by atoms with E-state index in [-0.39, 0.29) is 43.3 Å². The number of aromatic nitrogens is 2. The Bertz CT molecular complexity index is 1910. The number of alkyl halides is 3. The van der Waals surface area contributed by atoms with Gasteiger partial charge < -0.3 is 4.90 Å². The van der Waals surface area contributed by atoms with Crippen molar-refractivity contribution in [3.8, 4) is 22.5 Å². The number of benzene rings is 3. The molecule has 0 atom stereocenters. The average molecular weight is 772 g/mol. The molecule has 0 saturated carbocycles. The van der Waals surface area contributed by atoms with Crippen molar-refractivity contribution in [1.82, 2.24) is 14.9 Å². The highest BCUT2D eigenvalue weighted by Gasteiger charge is 2.31. The Morgan fingerprint density at radius 3 is 1.54 bits per heavy atom. The Labute approximate surface area is 325 Å². The van der Waals surface area contributed by atoms with Crippen LogP contribution in [0.2, 0.25) is 0 Å². The molecule has 3 heterocycles. The molecule has 0 radical (unpaired) electrons. The number of piperidine rings is 1. The fourth-order valence-electron chi connectivity index (χ4n) is 6.95. The molecule has 1 saturated heterocycles. The van der Waals surface area contributed by atoms with Crippen molar-refractivity contribution >= 4 is 42.9 Å². The number of anilines is 1. The summed E-state index contributed by atoms with van der Waals surface area (Å²) in [6, 6.07) is 23.0. The SMILES string of the molecule is Cc1cc(-c2cc(CN3CCC(N(Cc4ccnc(-c5cc(C)c(C)c(C)c5)c4)c4ccc(C(F)(F)F)cc4)CC3)ccn2)cc(C)c1C.Cl.Cl.Cl. The zero-order valence-corrected chi connectivity index (χ0v) is 33.0. The van der Waals surface area contributed by atoms with E-state index < -0.39 is 11.7 Å². The molecule has 0 amide bonds. The van der Waals surface area contributed by atoms with Crippen LogP contribution in [0.15, 0.2) is 85.2 Å². The van der Waals surface area contributed by atoms with Crippen LogP contribution in [0.1, 0.15) is 62.9 Å². The monoisotopic (exact) mass is 770 g/mol. The number of hydrogen-bond donors (Lipinski definition) is 0. The Morgan fingerprint density at radius 1 is 0.635 bits per heavy atom. The van der Waals surface area contributed by atoms with E-state index in [0.717, 1.165) is 66.2 Å². The summed E-state index contributed by atoms with van der Waals surface area (Å²) in [5.41, 5.74) is 14.2. The van der Waals surface area contributed by atoms with Crippen LogP contribution >= 0.6 is 37.2 Å². The number of likely N-dealkylation sites (tertiary alicyclic amines) is 1. The summed E-state index contributed by atoms with van der Waals surface area (Å²) in [5, 5.41) is 0. The van der Waals surface area contributed by atoms with Crippen molar-refractivity contribution in [1.29, 1.82) is 0 Å². The average Bonchev–Trinajstić information content (AvgIpc) is 3.08. The predicted molar refractivity (Wildman–Crippen MR) is 215 cm³/mol. The highest BCUT2D eigenvalue weighted by molar-refractivity contribution is 5.86. The number of aryl methyl sites for hydroxylation is 4. The summed E-state index contributed by atoms with van der Waals surface area (Å²) < 4.78 is 40.4. The van der Waals surface area contributed by atoms with E-state index in [1.54, 1.807) is 12.1 Å². The molecule has 52 heavy (non-hydrogen) atoms. The summed E-state index contributed by atoms with van der Waals surface area (Å²) in [6.07, 6.45) is 1.18. The van der Waals surface area contributed by atoms with Gasteiger partial charge in [-0.2, -0.15) is 13.2 Å². The molecule has 0 N–H and O–H groups in total. The Balaban J connectivity index is 0.00000243. The molecule has 4 nitrogen and oxygen atoms in total. The zero-order valence-electron chi connectivity index (χ0n) is 30.6. The van der Waals surface area contributed by atoms with Gasteiger partial charge in [-0.25, -0.2) is 0 Å². The van der Waals surface area contributed by atoms with E-state index in [1.807, 2.05) is 18.5 Å². The van der Waals surface area contributed by atoms with Gasteiger partial charge in [0.15, 0.2) is 0 Å². The molecular formula is C42H48Cl3F3N4. The van der Waals surface area contributed by atoms with Gasteiger partial charge in [0.1, 0.15) is 0 Å². The maximum atomic E-state index is 13.5. The molecule has 0 aliphatic carbocycles. The van der Waals surface area contributed by atoms with Crippen LogP contribution in [0.25, 0.3) is 22.5 Å². The second-order valence-electron chi connectivity index (χ2n) is 13.7. The Kier molecular flexibility index (Phi) is 14.8. The van der Waals surface area contributed by atoms with Crippen molar-refractivity contribution in [2.24, 2.45) is 0 Å². The normalized spacial score (nSPS) is 13.5. The number of pyridine rings is 2. The van der Waals surface area contributed by atoms with Gasteiger partial charge in [0.25, 0.3) is 0 Å². The minimum absolute atomic E-state index is 0. The van der Waals surface area contributed by atoms with Gasteiger partial charge in [0, 0.05) is 61.4 Å². The first-order valence-electron chi connectivity index (χ1n) is 17.1. The Hall–Kier alpha value is -3.62. The van der Waals surface area contributed by atoms with Crippen LogP contribution in [-0.4, -0.2) is 34.0 Å². The van der Waals surface area contributed by atoms with Gasteiger partial charge in [-0.05, 0) is 172 Å². The van der Waals surface area contributed by atoms with Crippen LogP contribution in [0, 0.1) is 41.5 Å². The number of rotatable bonds is 8. The molecule has 6 rings (SSSR count). The lowest BCUT2D eigenvalue weighted by atomic mass is 9.97. The maximum absolute atomic E-state index is 13.5. The quantitative estimate of drug-likeness (QED) is 0.157. The summed E-state index contributed by atoms with van der Waals surface area (Å²) in [5.74, 6) is 0. The van der Waals surface area contributed by atoms with Crippen LogP contribution < -0.4 is 4.90 Å². The van der Waals surface area contributed by atoms with Gasteiger partial charge in [-0.1, -0.05) is 0 Å². The second-order valence-corrected chi connectivity index (χ2v) is 13.7. The standard InChI is InChI=1S/C42H45F3N4.3ClH/c1-27-19-35(20-28(2)31(27)5)40-23-33(11-15-46-40)25-48-17-13-39(14-18-48)49(38-9-7-37(8-10-38)42(43,44)45)26-34-12-16-47-41(24-34)36-21-29(3)32(6)30(4)22-36;;;/h7-12,15-16,19-24,39H,13-14,17-18,25-26H2,1-6H3;3*1H.